The van der Waals surface area contributed by atoms with Gasteiger partial charge in [0.05, 0.1) is 5.69 Å². The predicted molar refractivity (Wildman–Crippen MR) is 106 cm³/mol. The fourth-order valence-electron chi connectivity index (χ4n) is 4.61. The van der Waals surface area contributed by atoms with Crippen LogP contribution in [0.1, 0.15) is 37.3 Å². The van der Waals surface area contributed by atoms with E-state index in [0.717, 1.165) is 36.1 Å². The molecule has 28 heavy (non-hydrogen) atoms. The highest BCUT2D eigenvalue weighted by molar-refractivity contribution is 6.13. The summed E-state index contributed by atoms with van der Waals surface area (Å²) in [5.74, 6) is 2.02. The number of nitrogens with zero attached hydrogens (tertiary/aromatic N) is 1. The van der Waals surface area contributed by atoms with Crippen molar-refractivity contribution >= 4 is 17.3 Å². The van der Waals surface area contributed by atoms with E-state index in [1.54, 1.807) is 0 Å². The van der Waals surface area contributed by atoms with E-state index in [1.807, 2.05) is 35.2 Å². The fraction of sp³-hybridized carbons (Fsp3) is 0.409. The molecule has 146 valence electrons. The summed E-state index contributed by atoms with van der Waals surface area (Å²) in [6.07, 6.45) is 3.15. The minimum absolute atomic E-state index is 0.0342. The van der Waals surface area contributed by atoms with E-state index in [0.29, 0.717) is 42.7 Å². The third kappa shape index (κ3) is 2.23. The molecule has 2 aromatic rings. The molecular weight excluding hydrogens is 356 g/mol. The molecule has 2 N–H and O–H groups in total. The van der Waals surface area contributed by atoms with Gasteiger partial charge in [0.2, 0.25) is 5.91 Å². The van der Waals surface area contributed by atoms with Crippen molar-refractivity contribution in [3.63, 3.8) is 0 Å². The first kappa shape index (κ1) is 17.2. The zero-order valence-electron chi connectivity index (χ0n) is 16.0. The number of fused-ring (bicyclic) bond motifs is 5. The van der Waals surface area contributed by atoms with Crippen LogP contribution >= 0.6 is 0 Å². The number of nitrogens with two attached hydrogens (primary N) is 1. The average Bonchev–Trinajstić information content (AvgIpc) is 3.19. The third-order valence-corrected chi connectivity index (χ3v) is 5.94. The first-order chi connectivity index (χ1) is 13.7. The Morgan fingerprint density at radius 1 is 1.07 bits per heavy atom. The number of rotatable bonds is 4. The van der Waals surface area contributed by atoms with Gasteiger partial charge in [-0.05, 0) is 24.6 Å². The molecule has 1 atom stereocenters. The molecule has 3 aliphatic rings. The van der Waals surface area contributed by atoms with Crippen LogP contribution in [0.5, 0.6) is 17.2 Å². The summed E-state index contributed by atoms with van der Waals surface area (Å²) in [5.41, 5.74) is 8.68. The van der Waals surface area contributed by atoms with E-state index in [-0.39, 0.29) is 12.5 Å². The summed E-state index contributed by atoms with van der Waals surface area (Å²) in [4.78, 5) is 15.7. The number of hydrogen-bond acceptors (Lipinski definition) is 5. The van der Waals surface area contributed by atoms with Crippen LogP contribution in [0.4, 0.5) is 11.4 Å². The van der Waals surface area contributed by atoms with Crippen molar-refractivity contribution < 1.29 is 19.0 Å². The van der Waals surface area contributed by atoms with Crippen LogP contribution in [-0.4, -0.2) is 32.3 Å². The Balaban J connectivity index is 1.66. The van der Waals surface area contributed by atoms with Gasteiger partial charge in [-0.3, -0.25) is 4.79 Å². The summed E-state index contributed by atoms with van der Waals surface area (Å²) in [6, 6.07) is 9.50. The van der Waals surface area contributed by atoms with E-state index < -0.39 is 5.41 Å². The molecule has 0 saturated heterocycles. The van der Waals surface area contributed by atoms with Gasteiger partial charge in [-0.2, -0.15) is 0 Å². The van der Waals surface area contributed by atoms with Crippen LogP contribution in [0, 0.1) is 0 Å². The molecule has 0 aromatic heterocycles. The largest absolute Gasteiger partial charge is 0.491 e. The highest BCUT2D eigenvalue weighted by Gasteiger charge is 2.58. The van der Waals surface area contributed by atoms with Gasteiger partial charge in [-0.1, -0.05) is 25.8 Å². The number of anilines is 2. The predicted octanol–water partition coefficient (Wildman–Crippen LogP) is 3.26. The molecule has 0 saturated carbocycles. The van der Waals surface area contributed by atoms with Crippen molar-refractivity contribution in [3.05, 3.63) is 41.5 Å². The Kier molecular flexibility index (Phi) is 3.89. The van der Waals surface area contributed by atoms with Crippen molar-refractivity contribution in [2.75, 3.05) is 37.0 Å². The average molecular weight is 380 g/mol. The molecule has 1 amide bonds. The van der Waals surface area contributed by atoms with Crippen molar-refractivity contribution in [2.24, 2.45) is 0 Å². The van der Waals surface area contributed by atoms with Crippen molar-refractivity contribution in [2.45, 2.75) is 31.6 Å². The van der Waals surface area contributed by atoms with Gasteiger partial charge in [0, 0.05) is 29.4 Å². The third-order valence-electron chi connectivity index (χ3n) is 5.94. The smallest absolute Gasteiger partial charge is 0.245 e. The van der Waals surface area contributed by atoms with Gasteiger partial charge >= 0.3 is 0 Å². The van der Waals surface area contributed by atoms with Crippen molar-refractivity contribution in [1.29, 1.82) is 0 Å². The lowest BCUT2D eigenvalue weighted by atomic mass is 9.76. The number of nitrogen functional groups attached to an aromatic ring is 1. The Morgan fingerprint density at radius 2 is 1.86 bits per heavy atom. The van der Waals surface area contributed by atoms with Crippen LogP contribution < -0.4 is 24.8 Å². The Labute approximate surface area is 164 Å². The molecule has 1 spiro atoms. The normalized spacial score (nSPS) is 21.6. The summed E-state index contributed by atoms with van der Waals surface area (Å²) in [6.45, 7) is 4.10. The van der Waals surface area contributed by atoms with E-state index in [1.165, 1.54) is 0 Å². The monoisotopic (exact) mass is 380 g/mol. The molecule has 6 nitrogen and oxygen atoms in total. The summed E-state index contributed by atoms with van der Waals surface area (Å²) in [5, 5.41) is 0. The Hall–Kier alpha value is -2.89. The molecule has 0 fully saturated rings. The van der Waals surface area contributed by atoms with E-state index in [9.17, 15) is 4.79 Å². The molecule has 3 heterocycles. The zero-order valence-corrected chi connectivity index (χ0v) is 16.0. The standard InChI is InChI=1S/C22H24N2O4/c1-2-3-4-8-24-16-7-5-6-15(23)20(16)22(21(24)25)13-28-17-12-19-18(11-14(17)22)26-9-10-27-19/h5-7,11-12H,2-4,8-10,13,23H2,1H3. The van der Waals surface area contributed by atoms with Gasteiger partial charge in [0.15, 0.2) is 11.5 Å². The van der Waals surface area contributed by atoms with Crippen LogP contribution in [0.25, 0.3) is 0 Å². The first-order valence-electron chi connectivity index (χ1n) is 9.94. The fourth-order valence-corrected chi connectivity index (χ4v) is 4.61. The zero-order chi connectivity index (χ0) is 19.3. The molecule has 0 bridgehead atoms. The first-order valence-corrected chi connectivity index (χ1v) is 9.94. The second-order valence-electron chi connectivity index (χ2n) is 7.59. The molecule has 0 radical (unpaired) electrons. The second-order valence-corrected chi connectivity index (χ2v) is 7.59. The van der Waals surface area contributed by atoms with Gasteiger partial charge in [-0.15, -0.1) is 0 Å². The van der Waals surface area contributed by atoms with Crippen molar-refractivity contribution in [3.8, 4) is 17.2 Å². The summed E-state index contributed by atoms with van der Waals surface area (Å²) < 4.78 is 17.5. The molecule has 6 heteroatoms. The maximum Gasteiger partial charge on any atom is 0.245 e. The molecular formula is C22H24N2O4. The second kappa shape index (κ2) is 6.33. The van der Waals surface area contributed by atoms with E-state index >= 15 is 0 Å². The minimum Gasteiger partial charge on any atom is -0.491 e. The molecule has 0 aliphatic carbocycles. The Morgan fingerprint density at radius 3 is 2.64 bits per heavy atom. The number of amides is 1. The number of benzene rings is 2. The number of ether oxygens (including phenoxy) is 3. The van der Waals surface area contributed by atoms with Gasteiger partial charge in [-0.25, -0.2) is 0 Å². The quantitative estimate of drug-likeness (QED) is 0.651. The van der Waals surface area contributed by atoms with Gasteiger partial charge in [0.1, 0.15) is 31.0 Å². The number of unbranched alkanes of at least 4 members (excludes halogenated alkanes) is 2. The van der Waals surface area contributed by atoms with Gasteiger partial charge < -0.3 is 24.8 Å². The highest BCUT2D eigenvalue weighted by atomic mass is 16.6. The topological polar surface area (TPSA) is 74.0 Å². The Bertz CT molecular complexity index is 958. The SMILES string of the molecule is CCCCCN1C(=O)C2(COc3cc4c(cc32)OCCO4)c2c(N)cccc21. The molecule has 2 aromatic carbocycles. The van der Waals surface area contributed by atoms with Crippen molar-refractivity contribution in [1.82, 2.24) is 0 Å². The minimum atomic E-state index is -0.919. The van der Waals surface area contributed by atoms with Crippen LogP contribution in [0.15, 0.2) is 30.3 Å². The highest BCUT2D eigenvalue weighted by Crippen LogP contribution is 2.56. The van der Waals surface area contributed by atoms with Crippen LogP contribution in [0.3, 0.4) is 0 Å². The maximum atomic E-state index is 13.8. The van der Waals surface area contributed by atoms with E-state index in [2.05, 4.69) is 6.92 Å². The molecule has 5 rings (SSSR count). The molecule has 1 unspecified atom stereocenters. The maximum absolute atomic E-state index is 13.8. The number of hydrogen-bond donors (Lipinski definition) is 1. The number of carbonyl (C=O) groups is 1. The summed E-state index contributed by atoms with van der Waals surface area (Å²) in [7, 11) is 0. The van der Waals surface area contributed by atoms with E-state index in [4.69, 9.17) is 19.9 Å². The molecule has 3 aliphatic heterocycles. The van der Waals surface area contributed by atoms with Gasteiger partial charge in [0.25, 0.3) is 0 Å². The summed E-state index contributed by atoms with van der Waals surface area (Å²) >= 11 is 0. The lowest BCUT2D eigenvalue weighted by Crippen LogP contribution is -2.43. The lowest BCUT2D eigenvalue weighted by molar-refractivity contribution is -0.122. The van der Waals surface area contributed by atoms with Crippen LogP contribution in [-0.2, 0) is 10.2 Å². The lowest BCUT2D eigenvalue weighted by Gasteiger charge is -2.25. The van der Waals surface area contributed by atoms with Crippen LogP contribution in [0.2, 0.25) is 0 Å². The number of carbonyl (C=O) groups excluding carboxylic acids is 1.